The second-order valence-corrected chi connectivity index (χ2v) is 4.61. The van der Waals surface area contributed by atoms with Gasteiger partial charge in [-0.25, -0.2) is 9.78 Å². The van der Waals surface area contributed by atoms with E-state index < -0.39 is 0 Å². The van der Waals surface area contributed by atoms with E-state index in [4.69, 9.17) is 10.5 Å². The molecule has 0 spiro atoms. The summed E-state index contributed by atoms with van der Waals surface area (Å²) in [7, 11) is 1.37. The molecule has 1 fully saturated rings. The predicted molar refractivity (Wildman–Crippen MR) is 70.6 cm³/mol. The first-order chi connectivity index (χ1) is 8.65. The Bertz CT molecular complexity index is 444. The van der Waals surface area contributed by atoms with E-state index in [-0.39, 0.29) is 5.97 Å². The molecule has 1 aromatic heterocycles. The van der Waals surface area contributed by atoms with Crippen molar-refractivity contribution in [2.75, 3.05) is 30.8 Å². The summed E-state index contributed by atoms with van der Waals surface area (Å²) >= 11 is 0. The fraction of sp³-hybridized carbons (Fsp3) is 0.538. The second-order valence-electron chi connectivity index (χ2n) is 4.61. The van der Waals surface area contributed by atoms with Crippen LogP contribution in [-0.2, 0) is 4.74 Å². The Morgan fingerprint density at radius 1 is 1.61 bits per heavy atom. The summed E-state index contributed by atoms with van der Waals surface area (Å²) in [5, 5.41) is 0. The zero-order valence-corrected chi connectivity index (χ0v) is 10.8. The highest BCUT2D eigenvalue weighted by molar-refractivity contribution is 5.95. The summed E-state index contributed by atoms with van der Waals surface area (Å²) in [4.78, 5) is 18.2. The maximum atomic E-state index is 11.8. The lowest BCUT2D eigenvalue weighted by molar-refractivity contribution is 0.0601. The van der Waals surface area contributed by atoms with Crippen molar-refractivity contribution in [2.24, 2.45) is 5.92 Å². The van der Waals surface area contributed by atoms with Crippen molar-refractivity contribution in [1.82, 2.24) is 4.98 Å². The number of carbonyl (C=O) groups excluding carboxylic acids is 1. The molecule has 98 valence electrons. The van der Waals surface area contributed by atoms with Gasteiger partial charge in [0.1, 0.15) is 11.4 Å². The van der Waals surface area contributed by atoms with Crippen LogP contribution in [0.15, 0.2) is 12.3 Å². The standard InChI is InChI=1S/C13H19N3O2/c1-3-16(8-9-4-5-9)12-11(13(17)18-2)6-10(14)7-15-12/h6-7,9H,3-5,8,14H2,1-2H3. The van der Waals surface area contributed by atoms with E-state index in [1.54, 1.807) is 12.3 Å². The van der Waals surface area contributed by atoms with Gasteiger partial charge in [0.05, 0.1) is 19.0 Å². The van der Waals surface area contributed by atoms with Crippen LogP contribution in [0.1, 0.15) is 30.1 Å². The first-order valence-corrected chi connectivity index (χ1v) is 6.24. The van der Waals surface area contributed by atoms with E-state index in [1.807, 2.05) is 0 Å². The predicted octanol–water partition coefficient (Wildman–Crippen LogP) is 1.69. The number of ether oxygens (including phenoxy) is 1. The van der Waals surface area contributed by atoms with Crippen molar-refractivity contribution >= 4 is 17.5 Å². The fourth-order valence-electron chi connectivity index (χ4n) is 1.96. The van der Waals surface area contributed by atoms with Crippen molar-refractivity contribution < 1.29 is 9.53 Å². The van der Waals surface area contributed by atoms with Crippen LogP contribution in [0.25, 0.3) is 0 Å². The number of methoxy groups -OCH3 is 1. The minimum Gasteiger partial charge on any atom is -0.465 e. The zero-order chi connectivity index (χ0) is 13.1. The lowest BCUT2D eigenvalue weighted by atomic mass is 10.2. The van der Waals surface area contributed by atoms with Gasteiger partial charge in [0.2, 0.25) is 0 Å². The number of pyridine rings is 1. The highest BCUT2D eigenvalue weighted by Crippen LogP contribution is 2.32. The monoisotopic (exact) mass is 249 g/mol. The maximum absolute atomic E-state index is 11.8. The van der Waals surface area contributed by atoms with Gasteiger partial charge in [-0.05, 0) is 31.7 Å². The number of hydrogen-bond donors (Lipinski definition) is 1. The number of aromatic nitrogens is 1. The summed E-state index contributed by atoms with van der Waals surface area (Å²) in [5.74, 6) is 1.01. The fourth-order valence-corrected chi connectivity index (χ4v) is 1.96. The van der Waals surface area contributed by atoms with Crippen LogP contribution in [0.5, 0.6) is 0 Å². The van der Waals surface area contributed by atoms with Crippen LogP contribution >= 0.6 is 0 Å². The molecule has 1 heterocycles. The lowest BCUT2D eigenvalue weighted by Gasteiger charge is -2.23. The van der Waals surface area contributed by atoms with Gasteiger partial charge in [-0.2, -0.15) is 0 Å². The molecule has 0 unspecified atom stereocenters. The molecule has 0 aliphatic heterocycles. The normalized spacial score (nSPS) is 14.3. The first kappa shape index (κ1) is 12.7. The van der Waals surface area contributed by atoms with Crippen LogP contribution < -0.4 is 10.6 Å². The van der Waals surface area contributed by atoms with Gasteiger partial charge in [-0.3, -0.25) is 0 Å². The minimum absolute atomic E-state index is 0.390. The van der Waals surface area contributed by atoms with Crippen molar-refractivity contribution in [3.05, 3.63) is 17.8 Å². The maximum Gasteiger partial charge on any atom is 0.341 e. The Labute approximate surface area is 107 Å². The van der Waals surface area contributed by atoms with Crippen molar-refractivity contribution in [1.29, 1.82) is 0 Å². The number of carbonyl (C=O) groups is 1. The molecule has 1 aliphatic rings. The molecule has 5 nitrogen and oxygen atoms in total. The van der Waals surface area contributed by atoms with Crippen LogP contribution in [0, 0.1) is 5.92 Å². The van der Waals surface area contributed by atoms with Crippen LogP contribution in [0.2, 0.25) is 0 Å². The first-order valence-electron chi connectivity index (χ1n) is 6.24. The molecule has 5 heteroatoms. The number of nitrogens with two attached hydrogens (primary N) is 1. The highest BCUT2D eigenvalue weighted by Gasteiger charge is 2.26. The smallest absolute Gasteiger partial charge is 0.341 e. The molecular formula is C13H19N3O2. The number of nitrogens with zero attached hydrogens (tertiary/aromatic N) is 2. The summed E-state index contributed by atoms with van der Waals surface area (Å²) in [6, 6.07) is 1.63. The van der Waals surface area contributed by atoms with Crippen LogP contribution in [-0.4, -0.2) is 31.2 Å². The summed E-state index contributed by atoms with van der Waals surface area (Å²) < 4.78 is 4.79. The van der Waals surface area contributed by atoms with Crippen molar-refractivity contribution in [3.8, 4) is 0 Å². The molecule has 0 radical (unpaired) electrons. The third kappa shape index (κ3) is 2.72. The van der Waals surface area contributed by atoms with Gasteiger partial charge >= 0.3 is 5.97 Å². The lowest BCUT2D eigenvalue weighted by Crippen LogP contribution is -2.28. The van der Waals surface area contributed by atoms with E-state index in [2.05, 4.69) is 16.8 Å². The van der Waals surface area contributed by atoms with Gasteiger partial charge in [0, 0.05) is 13.1 Å². The van der Waals surface area contributed by atoms with Crippen molar-refractivity contribution in [2.45, 2.75) is 19.8 Å². The van der Waals surface area contributed by atoms with E-state index in [9.17, 15) is 4.79 Å². The number of esters is 1. The van der Waals surface area contributed by atoms with Crippen LogP contribution in [0.4, 0.5) is 11.5 Å². The number of hydrogen-bond acceptors (Lipinski definition) is 5. The Kier molecular flexibility index (Phi) is 3.69. The summed E-state index contributed by atoms with van der Waals surface area (Å²) in [5.41, 5.74) is 6.60. The Morgan fingerprint density at radius 2 is 2.33 bits per heavy atom. The number of anilines is 2. The molecule has 0 bridgehead atoms. The molecule has 1 aromatic rings. The van der Waals surface area contributed by atoms with E-state index in [1.165, 1.54) is 20.0 Å². The minimum atomic E-state index is -0.390. The zero-order valence-electron chi connectivity index (χ0n) is 10.8. The highest BCUT2D eigenvalue weighted by atomic mass is 16.5. The summed E-state index contributed by atoms with van der Waals surface area (Å²) in [6.45, 7) is 3.82. The largest absolute Gasteiger partial charge is 0.465 e. The SMILES string of the molecule is CCN(CC1CC1)c1ncc(N)cc1C(=O)OC. The molecule has 0 saturated heterocycles. The Hall–Kier alpha value is -1.78. The number of rotatable bonds is 5. The molecule has 2 rings (SSSR count). The molecule has 2 N–H and O–H groups in total. The third-order valence-electron chi connectivity index (χ3n) is 3.15. The molecule has 0 aromatic carbocycles. The molecule has 18 heavy (non-hydrogen) atoms. The molecule has 1 aliphatic carbocycles. The summed E-state index contributed by atoms with van der Waals surface area (Å²) in [6.07, 6.45) is 4.11. The van der Waals surface area contributed by atoms with E-state index in [0.29, 0.717) is 17.1 Å². The van der Waals surface area contributed by atoms with Gasteiger partial charge in [-0.1, -0.05) is 0 Å². The third-order valence-corrected chi connectivity index (χ3v) is 3.15. The van der Waals surface area contributed by atoms with Gasteiger partial charge in [-0.15, -0.1) is 0 Å². The molecule has 0 amide bonds. The number of nitrogen functional groups attached to an aromatic ring is 1. The average Bonchev–Trinajstić information content (AvgIpc) is 3.19. The van der Waals surface area contributed by atoms with E-state index in [0.717, 1.165) is 19.0 Å². The molecular weight excluding hydrogens is 230 g/mol. The van der Waals surface area contributed by atoms with Gasteiger partial charge in [0.15, 0.2) is 0 Å². The average molecular weight is 249 g/mol. The topological polar surface area (TPSA) is 68.5 Å². The van der Waals surface area contributed by atoms with Gasteiger partial charge in [0.25, 0.3) is 0 Å². The van der Waals surface area contributed by atoms with Crippen LogP contribution in [0.3, 0.4) is 0 Å². The van der Waals surface area contributed by atoms with Crippen molar-refractivity contribution in [3.63, 3.8) is 0 Å². The second kappa shape index (κ2) is 5.25. The molecule has 1 saturated carbocycles. The quantitative estimate of drug-likeness (QED) is 0.804. The Morgan fingerprint density at radius 3 is 2.89 bits per heavy atom. The van der Waals surface area contributed by atoms with Gasteiger partial charge < -0.3 is 15.4 Å². The van der Waals surface area contributed by atoms with E-state index >= 15 is 0 Å². The Balaban J connectivity index is 2.30. The molecule has 0 atom stereocenters.